The molecule has 170 valence electrons. The van der Waals surface area contributed by atoms with Gasteiger partial charge in [-0.1, -0.05) is 30.3 Å². The molecule has 33 heavy (non-hydrogen) atoms. The van der Waals surface area contributed by atoms with Gasteiger partial charge in [-0.2, -0.15) is 0 Å². The number of amides is 3. The standard InChI is InChI=1S/C26H28N4O3/c1-3-27-25(32)20-11-15-23(16-12-20)30-24(31)17-28-22-13-9-21(10-14-22)26(33)29-18(2)19-7-5-4-6-8-19/h4-16,18,28H,3,17H2,1-2H3,(H,27,32)(H,29,33)(H,30,31). The maximum Gasteiger partial charge on any atom is 0.251 e. The van der Waals surface area contributed by atoms with Crippen LogP contribution >= 0.6 is 0 Å². The SMILES string of the molecule is CCNC(=O)c1ccc(NC(=O)CNc2ccc(C(=O)NC(C)c3ccccc3)cc2)cc1. The molecule has 3 aromatic carbocycles. The maximum atomic E-state index is 12.5. The Labute approximate surface area is 193 Å². The first-order valence-electron chi connectivity index (χ1n) is 10.8. The Bertz CT molecular complexity index is 1080. The molecule has 0 aromatic heterocycles. The van der Waals surface area contributed by atoms with Crippen LogP contribution in [-0.2, 0) is 4.79 Å². The fourth-order valence-electron chi connectivity index (χ4n) is 3.20. The van der Waals surface area contributed by atoms with Crippen molar-refractivity contribution >= 4 is 29.1 Å². The average molecular weight is 445 g/mol. The van der Waals surface area contributed by atoms with Gasteiger partial charge in [-0.3, -0.25) is 14.4 Å². The topological polar surface area (TPSA) is 99.3 Å². The lowest BCUT2D eigenvalue weighted by Gasteiger charge is -2.14. The lowest BCUT2D eigenvalue weighted by molar-refractivity contribution is -0.114. The van der Waals surface area contributed by atoms with E-state index in [1.54, 1.807) is 48.5 Å². The molecule has 0 saturated carbocycles. The highest BCUT2D eigenvalue weighted by molar-refractivity contribution is 5.97. The minimum absolute atomic E-state index is 0.0641. The largest absolute Gasteiger partial charge is 0.376 e. The molecule has 7 heteroatoms. The van der Waals surface area contributed by atoms with Crippen LogP contribution in [0.15, 0.2) is 78.9 Å². The maximum absolute atomic E-state index is 12.5. The highest BCUT2D eigenvalue weighted by atomic mass is 16.2. The summed E-state index contributed by atoms with van der Waals surface area (Å²) in [4.78, 5) is 36.5. The van der Waals surface area contributed by atoms with Crippen LogP contribution in [0.1, 0.15) is 46.2 Å². The number of hydrogen-bond acceptors (Lipinski definition) is 4. The zero-order valence-electron chi connectivity index (χ0n) is 18.7. The Kier molecular flexibility index (Phi) is 8.18. The lowest BCUT2D eigenvalue weighted by Crippen LogP contribution is -2.26. The summed E-state index contributed by atoms with van der Waals surface area (Å²) in [7, 11) is 0. The van der Waals surface area contributed by atoms with Crippen LogP contribution in [0.3, 0.4) is 0 Å². The van der Waals surface area contributed by atoms with E-state index in [1.165, 1.54) is 0 Å². The molecule has 0 radical (unpaired) electrons. The molecule has 3 rings (SSSR count). The highest BCUT2D eigenvalue weighted by Gasteiger charge is 2.11. The molecular formula is C26H28N4O3. The van der Waals surface area contributed by atoms with Gasteiger partial charge >= 0.3 is 0 Å². The zero-order chi connectivity index (χ0) is 23.6. The number of nitrogens with one attached hydrogen (secondary N) is 4. The van der Waals surface area contributed by atoms with E-state index in [2.05, 4.69) is 21.3 Å². The van der Waals surface area contributed by atoms with E-state index >= 15 is 0 Å². The summed E-state index contributed by atoms with van der Waals surface area (Å²) >= 11 is 0. The third-order valence-electron chi connectivity index (χ3n) is 5.02. The summed E-state index contributed by atoms with van der Waals surface area (Å²) in [6.45, 7) is 4.42. The van der Waals surface area contributed by atoms with Crippen molar-refractivity contribution in [3.05, 3.63) is 95.6 Å². The van der Waals surface area contributed by atoms with Gasteiger partial charge in [0.25, 0.3) is 11.8 Å². The van der Waals surface area contributed by atoms with Gasteiger partial charge in [0.2, 0.25) is 5.91 Å². The molecule has 3 aromatic rings. The highest BCUT2D eigenvalue weighted by Crippen LogP contribution is 2.14. The van der Waals surface area contributed by atoms with E-state index in [0.717, 1.165) is 11.3 Å². The molecule has 0 fully saturated rings. The third-order valence-corrected chi connectivity index (χ3v) is 5.02. The molecule has 0 aliphatic heterocycles. The predicted octanol–water partition coefficient (Wildman–Crippen LogP) is 3.98. The number of rotatable bonds is 9. The first-order chi connectivity index (χ1) is 16.0. The summed E-state index contributed by atoms with van der Waals surface area (Å²) in [6, 6.07) is 23.3. The van der Waals surface area contributed by atoms with Gasteiger partial charge in [0.05, 0.1) is 12.6 Å². The van der Waals surface area contributed by atoms with Gasteiger partial charge in [-0.15, -0.1) is 0 Å². The average Bonchev–Trinajstić information content (AvgIpc) is 2.84. The second-order valence-electron chi connectivity index (χ2n) is 7.52. The molecule has 0 bridgehead atoms. The Morgan fingerprint density at radius 1 is 0.758 bits per heavy atom. The Morgan fingerprint density at radius 3 is 1.94 bits per heavy atom. The molecule has 4 N–H and O–H groups in total. The Morgan fingerprint density at radius 2 is 1.33 bits per heavy atom. The molecular weight excluding hydrogens is 416 g/mol. The van der Waals surface area contributed by atoms with Crippen LogP contribution in [0.2, 0.25) is 0 Å². The second-order valence-corrected chi connectivity index (χ2v) is 7.52. The number of carbonyl (C=O) groups excluding carboxylic acids is 3. The number of benzene rings is 3. The van der Waals surface area contributed by atoms with Crippen LogP contribution in [0, 0.1) is 0 Å². The first-order valence-corrected chi connectivity index (χ1v) is 10.8. The van der Waals surface area contributed by atoms with Gasteiger partial charge in [0, 0.05) is 29.0 Å². The Hall–Kier alpha value is -4.13. The van der Waals surface area contributed by atoms with Crippen LogP contribution in [0.4, 0.5) is 11.4 Å². The second kappa shape index (κ2) is 11.5. The molecule has 0 heterocycles. The zero-order valence-corrected chi connectivity index (χ0v) is 18.7. The van der Waals surface area contributed by atoms with Crippen molar-refractivity contribution in [1.29, 1.82) is 0 Å². The van der Waals surface area contributed by atoms with Gasteiger partial charge in [0.15, 0.2) is 0 Å². The number of anilines is 2. The minimum Gasteiger partial charge on any atom is -0.376 e. The monoisotopic (exact) mass is 444 g/mol. The van der Waals surface area contributed by atoms with Crippen LogP contribution in [0.25, 0.3) is 0 Å². The van der Waals surface area contributed by atoms with Crippen molar-refractivity contribution in [2.24, 2.45) is 0 Å². The van der Waals surface area contributed by atoms with Crippen molar-refractivity contribution in [1.82, 2.24) is 10.6 Å². The van der Waals surface area contributed by atoms with Crippen molar-refractivity contribution < 1.29 is 14.4 Å². The van der Waals surface area contributed by atoms with Crippen LogP contribution < -0.4 is 21.3 Å². The van der Waals surface area contributed by atoms with E-state index in [0.29, 0.717) is 23.4 Å². The quantitative estimate of drug-likeness (QED) is 0.401. The Balaban J connectivity index is 1.47. The van der Waals surface area contributed by atoms with Crippen molar-refractivity contribution in [2.45, 2.75) is 19.9 Å². The molecule has 0 aliphatic carbocycles. The van der Waals surface area contributed by atoms with E-state index in [1.807, 2.05) is 44.2 Å². The molecule has 0 spiro atoms. The predicted molar refractivity (Wildman–Crippen MR) is 130 cm³/mol. The molecule has 3 amide bonds. The summed E-state index contributed by atoms with van der Waals surface area (Å²) in [5, 5.41) is 11.5. The van der Waals surface area contributed by atoms with Crippen LogP contribution in [0.5, 0.6) is 0 Å². The summed E-state index contributed by atoms with van der Waals surface area (Å²) < 4.78 is 0. The van der Waals surface area contributed by atoms with Crippen LogP contribution in [-0.4, -0.2) is 30.8 Å². The first kappa shape index (κ1) is 23.5. The summed E-state index contributed by atoms with van der Waals surface area (Å²) in [6.07, 6.45) is 0. The smallest absolute Gasteiger partial charge is 0.251 e. The number of carbonyl (C=O) groups is 3. The molecule has 7 nitrogen and oxygen atoms in total. The number of hydrogen-bond donors (Lipinski definition) is 4. The van der Waals surface area contributed by atoms with E-state index in [-0.39, 0.29) is 30.3 Å². The van der Waals surface area contributed by atoms with E-state index in [4.69, 9.17) is 0 Å². The van der Waals surface area contributed by atoms with Crippen molar-refractivity contribution in [2.75, 3.05) is 23.7 Å². The normalized spacial score (nSPS) is 11.2. The van der Waals surface area contributed by atoms with Gasteiger partial charge < -0.3 is 21.3 Å². The van der Waals surface area contributed by atoms with E-state index in [9.17, 15) is 14.4 Å². The van der Waals surface area contributed by atoms with Crippen molar-refractivity contribution in [3.63, 3.8) is 0 Å². The lowest BCUT2D eigenvalue weighted by atomic mass is 10.1. The van der Waals surface area contributed by atoms with Gasteiger partial charge in [-0.25, -0.2) is 0 Å². The third kappa shape index (κ3) is 6.93. The molecule has 1 atom stereocenters. The van der Waals surface area contributed by atoms with Gasteiger partial charge in [-0.05, 0) is 67.9 Å². The molecule has 0 saturated heterocycles. The minimum atomic E-state index is -0.223. The van der Waals surface area contributed by atoms with Gasteiger partial charge in [0.1, 0.15) is 0 Å². The van der Waals surface area contributed by atoms with E-state index < -0.39 is 0 Å². The fourth-order valence-corrected chi connectivity index (χ4v) is 3.20. The van der Waals surface area contributed by atoms with Crippen molar-refractivity contribution in [3.8, 4) is 0 Å². The summed E-state index contributed by atoms with van der Waals surface area (Å²) in [5.41, 5.74) is 3.45. The summed E-state index contributed by atoms with van der Waals surface area (Å²) in [5.74, 6) is -0.533. The fraction of sp³-hybridized carbons (Fsp3) is 0.192. The molecule has 0 aliphatic rings. The molecule has 1 unspecified atom stereocenters.